The quantitative estimate of drug-likeness (QED) is 0.309. The van der Waals surface area contributed by atoms with Crippen LogP contribution >= 0.6 is 0 Å². The number of carboxylic acids is 1. The minimum atomic E-state index is -1.26. The third-order valence-electron chi connectivity index (χ3n) is 1.24. The van der Waals surface area contributed by atoms with Crippen molar-refractivity contribution in [3.63, 3.8) is 0 Å². The SMILES string of the molecule is CN(CC(=O)OCC(N)C(=O)O)N=O. The lowest BCUT2D eigenvalue weighted by Crippen LogP contribution is -2.37. The fourth-order valence-electron chi connectivity index (χ4n) is 0.515. The van der Waals surface area contributed by atoms with Crippen LogP contribution in [-0.4, -0.2) is 48.3 Å². The summed E-state index contributed by atoms with van der Waals surface area (Å²) in [5, 5.41) is 11.6. The average Bonchev–Trinajstić information content (AvgIpc) is 2.13. The lowest BCUT2D eigenvalue weighted by molar-refractivity contribution is -0.148. The van der Waals surface area contributed by atoms with E-state index < -0.39 is 24.6 Å². The van der Waals surface area contributed by atoms with Crippen LogP contribution in [0.5, 0.6) is 0 Å². The number of hydrogen-bond acceptors (Lipinski definition) is 6. The molecule has 0 heterocycles. The van der Waals surface area contributed by atoms with Crippen LogP contribution in [0.3, 0.4) is 0 Å². The van der Waals surface area contributed by atoms with Crippen LogP contribution in [0.1, 0.15) is 0 Å². The van der Waals surface area contributed by atoms with Gasteiger partial charge in [0.25, 0.3) is 0 Å². The lowest BCUT2D eigenvalue weighted by atomic mass is 10.3. The smallest absolute Gasteiger partial charge is 0.327 e. The van der Waals surface area contributed by atoms with Crippen molar-refractivity contribution in [1.82, 2.24) is 5.01 Å². The maximum Gasteiger partial charge on any atom is 0.327 e. The predicted octanol–water partition coefficient (Wildman–Crippen LogP) is -1.45. The molecular formula is C6H11N3O5. The highest BCUT2D eigenvalue weighted by atomic mass is 16.5. The van der Waals surface area contributed by atoms with Gasteiger partial charge in [-0.1, -0.05) is 0 Å². The molecule has 0 spiro atoms. The molecule has 0 aliphatic heterocycles. The minimum Gasteiger partial charge on any atom is -0.480 e. The molecule has 80 valence electrons. The number of nitrogens with two attached hydrogens (primary N) is 1. The molecule has 1 atom stereocenters. The van der Waals surface area contributed by atoms with Crippen LogP contribution in [0.4, 0.5) is 0 Å². The van der Waals surface area contributed by atoms with E-state index in [9.17, 15) is 14.5 Å². The van der Waals surface area contributed by atoms with Crippen molar-refractivity contribution in [1.29, 1.82) is 0 Å². The first-order valence-electron chi connectivity index (χ1n) is 3.65. The lowest BCUT2D eigenvalue weighted by Gasteiger charge is -2.10. The first kappa shape index (κ1) is 12.3. The molecule has 0 aromatic rings. The van der Waals surface area contributed by atoms with Gasteiger partial charge in [0.1, 0.15) is 19.2 Å². The van der Waals surface area contributed by atoms with Crippen LogP contribution in [0.2, 0.25) is 0 Å². The number of carboxylic acid groups (broad SMARTS) is 1. The van der Waals surface area contributed by atoms with Gasteiger partial charge in [-0.05, 0) is 0 Å². The van der Waals surface area contributed by atoms with Gasteiger partial charge in [0.15, 0.2) is 0 Å². The van der Waals surface area contributed by atoms with Gasteiger partial charge in [-0.2, -0.15) is 0 Å². The van der Waals surface area contributed by atoms with Crippen LogP contribution in [-0.2, 0) is 14.3 Å². The fraction of sp³-hybridized carbons (Fsp3) is 0.667. The highest BCUT2D eigenvalue weighted by Crippen LogP contribution is 1.88. The Morgan fingerprint density at radius 1 is 1.64 bits per heavy atom. The molecule has 0 saturated carbocycles. The normalized spacial score (nSPS) is 11.6. The van der Waals surface area contributed by atoms with Gasteiger partial charge < -0.3 is 15.6 Å². The Labute approximate surface area is 79.6 Å². The van der Waals surface area contributed by atoms with Gasteiger partial charge in [0, 0.05) is 7.05 Å². The third-order valence-corrected chi connectivity index (χ3v) is 1.24. The van der Waals surface area contributed by atoms with Crippen molar-refractivity contribution < 1.29 is 19.4 Å². The maximum absolute atomic E-state index is 10.8. The Bertz CT molecular complexity index is 232. The Kier molecular flexibility index (Phi) is 5.15. The molecule has 14 heavy (non-hydrogen) atoms. The molecule has 0 fully saturated rings. The zero-order chi connectivity index (χ0) is 11.1. The molecule has 0 aliphatic carbocycles. The fourth-order valence-corrected chi connectivity index (χ4v) is 0.515. The molecule has 0 aromatic carbocycles. The number of rotatable bonds is 6. The summed E-state index contributed by atoms with van der Waals surface area (Å²) in [4.78, 5) is 30.9. The van der Waals surface area contributed by atoms with Gasteiger partial charge in [-0.3, -0.25) is 14.6 Å². The standard InChI is InChI=1S/C6H11N3O5/c1-9(8-13)2-5(10)14-3-4(7)6(11)12/h4H,2-3,7H2,1H3,(H,11,12). The second kappa shape index (κ2) is 5.86. The summed E-state index contributed by atoms with van der Waals surface area (Å²) in [6, 6.07) is -1.26. The minimum absolute atomic E-state index is 0.337. The number of carbonyl (C=O) groups is 2. The van der Waals surface area contributed by atoms with E-state index in [-0.39, 0.29) is 6.54 Å². The molecule has 0 bridgehead atoms. The number of aliphatic carboxylic acids is 1. The van der Waals surface area contributed by atoms with Crippen LogP contribution in [0.15, 0.2) is 5.29 Å². The highest BCUT2D eigenvalue weighted by Gasteiger charge is 2.14. The number of esters is 1. The summed E-state index contributed by atoms with van der Waals surface area (Å²) >= 11 is 0. The van der Waals surface area contributed by atoms with Crippen LogP contribution in [0, 0.1) is 4.91 Å². The van der Waals surface area contributed by atoms with Crippen molar-refractivity contribution in [3.05, 3.63) is 4.91 Å². The Morgan fingerprint density at radius 3 is 2.64 bits per heavy atom. The maximum atomic E-state index is 10.8. The molecule has 0 amide bonds. The molecule has 0 saturated heterocycles. The molecule has 0 radical (unpaired) electrons. The molecule has 1 unspecified atom stereocenters. The Morgan fingerprint density at radius 2 is 2.21 bits per heavy atom. The first-order valence-corrected chi connectivity index (χ1v) is 3.65. The Hall–Kier alpha value is -1.70. The average molecular weight is 205 g/mol. The number of nitroso groups, excluding NO2 is 1. The summed E-state index contributed by atoms with van der Waals surface area (Å²) in [7, 11) is 1.28. The van der Waals surface area contributed by atoms with E-state index >= 15 is 0 Å². The number of ether oxygens (including phenoxy) is 1. The van der Waals surface area contributed by atoms with E-state index in [4.69, 9.17) is 10.8 Å². The monoisotopic (exact) mass is 205 g/mol. The molecular weight excluding hydrogens is 194 g/mol. The van der Waals surface area contributed by atoms with Gasteiger partial charge in [-0.15, -0.1) is 4.91 Å². The summed E-state index contributed by atoms with van der Waals surface area (Å²) in [6.45, 7) is -0.767. The van der Waals surface area contributed by atoms with Gasteiger partial charge in [0.05, 0.1) is 5.29 Å². The zero-order valence-corrected chi connectivity index (χ0v) is 7.54. The van der Waals surface area contributed by atoms with Crippen molar-refractivity contribution >= 4 is 11.9 Å². The molecule has 8 nitrogen and oxygen atoms in total. The topological polar surface area (TPSA) is 122 Å². The second-order valence-electron chi connectivity index (χ2n) is 2.53. The van der Waals surface area contributed by atoms with Crippen molar-refractivity contribution in [2.24, 2.45) is 11.0 Å². The third kappa shape index (κ3) is 5.04. The summed E-state index contributed by atoms with van der Waals surface area (Å²) in [5.41, 5.74) is 5.05. The largest absolute Gasteiger partial charge is 0.480 e. The number of likely N-dealkylation sites (N-methyl/N-ethyl adjacent to an activating group) is 1. The molecule has 0 aliphatic rings. The van der Waals surface area contributed by atoms with Crippen LogP contribution < -0.4 is 5.73 Å². The molecule has 8 heteroatoms. The summed E-state index contributed by atoms with van der Waals surface area (Å²) < 4.78 is 4.45. The van der Waals surface area contributed by atoms with Crippen molar-refractivity contribution in [3.8, 4) is 0 Å². The van der Waals surface area contributed by atoms with E-state index in [0.717, 1.165) is 5.01 Å². The molecule has 0 aromatic heterocycles. The van der Waals surface area contributed by atoms with E-state index in [1.807, 2.05) is 0 Å². The predicted molar refractivity (Wildman–Crippen MR) is 45.0 cm³/mol. The van der Waals surface area contributed by atoms with Gasteiger partial charge in [0.2, 0.25) is 0 Å². The zero-order valence-electron chi connectivity index (χ0n) is 7.54. The van der Waals surface area contributed by atoms with Crippen molar-refractivity contribution in [2.45, 2.75) is 6.04 Å². The van der Waals surface area contributed by atoms with E-state index in [2.05, 4.69) is 10.0 Å². The van der Waals surface area contributed by atoms with E-state index in [0.29, 0.717) is 0 Å². The van der Waals surface area contributed by atoms with Gasteiger partial charge in [-0.25, -0.2) is 0 Å². The Balaban J connectivity index is 3.74. The summed E-state index contributed by atoms with van der Waals surface area (Å²) in [5.74, 6) is -2.02. The van der Waals surface area contributed by atoms with Crippen molar-refractivity contribution in [2.75, 3.05) is 20.2 Å². The number of carbonyl (C=O) groups excluding carboxylic acids is 1. The van der Waals surface area contributed by atoms with Gasteiger partial charge >= 0.3 is 11.9 Å². The molecule has 0 rings (SSSR count). The van der Waals surface area contributed by atoms with E-state index in [1.54, 1.807) is 0 Å². The number of hydrogen-bond donors (Lipinski definition) is 2. The highest BCUT2D eigenvalue weighted by molar-refractivity contribution is 5.75. The summed E-state index contributed by atoms with van der Waals surface area (Å²) in [6.07, 6.45) is 0. The van der Waals surface area contributed by atoms with E-state index in [1.165, 1.54) is 7.05 Å². The second-order valence-corrected chi connectivity index (χ2v) is 2.53. The molecule has 3 N–H and O–H groups in total. The first-order chi connectivity index (χ1) is 6.47. The van der Waals surface area contributed by atoms with Crippen LogP contribution in [0.25, 0.3) is 0 Å². The number of nitrogens with zero attached hydrogens (tertiary/aromatic N) is 2.